The molecular formula is C22H25ClN4O4S. The third-order valence-electron chi connectivity index (χ3n) is 4.73. The molecule has 1 heterocycles. The Labute approximate surface area is 192 Å². The predicted molar refractivity (Wildman–Crippen MR) is 122 cm³/mol. The minimum atomic E-state index is -3.80. The van der Waals surface area contributed by atoms with Crippen LogP contribution in [0.4, 0.5) is 0 Å². The molecule has 0 fully saturated rings. The third kappa shape index (κ3) is 5.12. The number of methoxy groups -OCH3 is 1. The first-order valence-corrected chi connectivity index (χ1v) is 11.7. The van der Waals surface area contributed by atoms with Crippen molar-refractivity contribution in [3.63, 3.8) is 0 Å². The lowest BCUT2D eigenvalue weighted by atomic mass is 10.0. The fraction of sp³-hybridized carbons (Fsp3) is 0.273. The number of rotatable bonds is 8. The Morgan fingerprint density at radius 2 is 1.91 bits per heavy atom. The van der Waals surface area contributed by atoms with Gasteiger partial charge in [-0.25, -0.2) is 18.1 Å². The van der Waals surface area contributed by atoms with Gasteiger partial charge in [0.1, 0.15) is 17.6 Å². The quantitative estimate of drug-likeness (QED) is 0.519. The predicted octanol–water partition coefficient (Wildman–Crippen LogP) is 3.29. The topological polar surface area (TPSA) is 102 Å². The maximum atomic E-state index is 13.3. The monoisotopic (exact) mass is 476 g/mol. The van der Waals surface area contributed by atoms with E-state index in [1.54, 1.807) is 44.0 Å². The Morgan fingerprint density at radius 1 is 1.19 bits per heavy atom. The largest absolute Gasteiger partial charge is 0.496 e. The average Bonchev–Trinajstić information content (AvgIpc) is 3.16. The summed E-state index contributed by atoms with van der Waals surface area (Å²) in [6.45, 7) is 3.43. The van der Waals surface area contributed by atoms with Crippen molar-refractivity contribution < 1.29 is 17.9 Å². The SMILES string of the molecule is COc1ccccc1C(NC(=O)c1cc(S(=O)(=O)NC(C)C)ccc1Cl)c1nccn1C. The van der Waals surface area contributed by atoms with E-state index in [4.69, 9.17) is 16.3 Å². The number of benzene rings is 2. The highest BCUT2D eigenvalue weighted by Crippen LogP contribution is 2.30. The molecule has 8 nitrogen and oxygen atoms in total. The summed E-state index contributed by atoms with van der Waals surface area (Å²) in [5.41, 5.74) is 0.728. The van der Waals surface area contributed by atoms with E-state index in [0.29, 0.717) is 17.1 Å². The van der Waals surface area contributed by atoms with Crippen LogP contribution in [0, 0.1) is 0 Å². The van der Waals surface area contributed by atoms with Crippen LogP contribution < -0.4 is 14.8 Å². The van der Waals surface area contributed by atoms with Crippen molar-refractivity contribution in [1.82, 2.24) is 19.6 Å². The Hall–Kier alpha value is -2.88. The van der Waals surface area contributed by atoms with Crippen molar-refractivity contribution in [3.8, 4) is 5.75 Å². The molecule has 170 valence electrons. The summed E-state index contributed by atoms with van der Waals surface area (Å²) < 4.78 is 34.9. The highest BCUT2D eigenvalue weighted by molar-refractivity contribution is 7.89. The number of hydrogen-bond acceptors (Lipinski definition) is 5. The fourth-order valence-electron chi connectivity index (χ4n) is 3.27. The van der Waals surface area contributed by atoms with E-state index in [1.807, 2.05) is 25.2 Å². The van der Waals surface area contributed by atoms with E-state index in [9.17, 15) is 13.2 Å². The van der Waals surface area contributed by atoms with E-state index >= 15 is 0 Å². The first kappa shape index (κ1) is 23.8. The average molecular weight is 477 g/mol. The fourth-order valence-corrected chi connectivity index (χ4v) is 4.75. The third-order valence-corrected chi connectivity index (χ3v) is 6.71. The van der Waals surface area contributed by atoms with Crippen LogP contribution in [0.2, 0.25) is 5.02 Å². The van der Waals surface area contributed by atoms with Gasteiger partial charge >= 0.3 is 0 Å². The van der Waals surface area contributed by atoms with Crippen molar-refractivity contribution >= 4 is 27.5 Å². The number of amides is 1. The van der Waals surface area contributed by atoms with E-state index in [-0.39, 0.29) is 21.5 Å². The smallest absolute Gasteiger partial charge is 0.253 e. The number of para-hydroxylation sites is 1. The van der Waals surface area contributed by atoms with Gasteiger partial charge in [-0.3, -0.25) is 4.79 Å². The number of aromatic nitrogens is 2. The summed E-state index contributed by atoms with van der Waals surface area (Å²) >= 11 is 6.27. The number of carbonyl (C=O) groups excluding carboxylic acids is 1. The van der Waals surface area contributed by atoms with Gasteiger partial charge in [-0.2, -0.15) is 0 Å². The van der Waals surface area contributed by atoms with Crippen LogP contribution in [0.5, 0.6) is 5.75 Å². The minimum absolute atomic E-state index is 0.0346. The number of imidazole rings is 1. The van der Waals surface area contributed by atoms with Gasteiger partial charge in [0.05, 0.1) is 22.6 Å². The molecular weight excluding hydrogens is 452 g/mol. The highest BCUT2D eigenvalue weighted by Gasteiger charge is 2.26. The van der Waals surface area contributed by atoms with Crippen LogP contribution in [0.25, 0.3) is 0 Å². The summed E-state index contributed by atoms with van der Waals surface area (Å²) in [7, 11) is -0.440. The molecule has 0 aliphatic carbocycles. The molecule has 0 saturated heterocycles. The summed E-state index contributed by atoms with van der Waals surface area (Å²) in [6.07, 6.45) is 3.39. The van der Waals surface area contributed by atoms with Gasteiger partial charge in [0.2, 0.25) is 10.0 Å². The van der Waals surface area contributed by atoms with Gasteiger partial charge in [0.25, 0.3) is 5.91 Å². The Morgan fingerprint density at radius 3 is 2.53 bits per heavy atom. The van der Waals surface area contributed by atoms with Crippen molar-refractivity contribution in [2.45, 2.75) is 30.8 Å². The van der Waals surface area contributed by atoms with Crippen LogP contribution >= 0.6 is 11.6 Å². The zero-order chi connectivity index (χ0) is 23.5. The molecule has 3 rings (SSSR count). The molecule has 1 amide bonds. The van der Waals surface area contributed by atoms with Crippen molar-refractivity contribution in [2.75, 3.05) is 7.11 Å². The maximum absolute atomic E-state index is 13.3. The minimum Gasteiger partial charge on any atom is -0.496 e. The van der Waals surface area contributed by atoms with Crippen molar-refractivity contribution in [3.05, 3.63) is 76.8 Å². The number of carbonyl (C=O) groups is 1. The maximum Gasteiger partial charge on any atom is 0.253 e. The van der Waals surface area contributed by atoms with Gasteiger partial charge in [-0.1, -0.05) is 29.8 Å². The Kier molecular flexibility index (Phi) is 7.22. The lowest BCUT2D eigenvalue weighted by molar-refractivity contribution is 0.0940. The molecule has 0 radical (unpaired) electrons. The van der Waals surface area contributed by atoms with Crippen LogP contribution in [0.1, 0.15) is 41.6 Å². The van der Waals surface area contributed by atoms with Gasteiger partial charge in [0.15, 0.2) is 0 Å². The van der Waals surface area contributed by atoms with E-state index in [2.05, 4.69) is 15.0 Å². The molecule has 1 unspecified atom stereocenters. The molecule has 0 aliphatic heterocycles. The molecule has 1 aromatic heterocycles. The molecule has 3 aromatic rings. The molecule has 0 aliphatic rings. The zero-order valence-electron chi connectivity index (χ0n) is 18.2. The Balaban J connectivity index is 2.02. The normalized spacial score (nSPS) is 12.6. The Bertz CT molecular complexity index is 1220. The summed E-state index contributed by atoms with van der Waals surface area (Å²) in [4.78, 5) is 17.6. The second-order valence-electron chi connectivity index (χ2n) is 7.46. The lowest BCUT2D eigenvalue weighted by Crippen LogP contribution is -2.32. The van der Waals surface area contributed by atoms with E-state index in [0.717, 1.165) is 0 Å². The van der Waals surface area contributed by atoms with Crippen LogP contribution in [-0.2, 0) is 17.1 Å². The molecule has 2 N–H and O–H groups in total. The first-order valence-electron chi connectivity index (χ1n) is 9.87. The van der Waals surface area contributed by atoms with Crippen LogP contribution in [-0.4, -0.2) is 37.0 Å². The number of ether oxygens (including phenoxy) is 1. The van der Waals surface area contributed by atoms with Gasteiger partial charge in [-0.05, 0) is 38.1 Å². The van der Waals surface area contributed by atoms with Gasteiger partial charge < -0.3 is 14.6 Å². The van der Waals surface area contributed by atoms with E-state index in [1.165, 1.54) is 18.2 Å². The summed E-state index contributed by atoms with van der Waals surface area (Å²) in [6, 6.07) is 10.3. The molecule has 0 bridgehead atoms. The number of nitrogens with one attached hydrogen (secondary N) is 2. The van der Waals surface area contributed by atoms with Crippen LogP contribution in [0.3, 0.4) is 0 Å². The second-order valence-corrected chi connectivity index (χ2v) is 9.58. The number of hydrogen-bond donors (Lipinski definition) is 2. The molecule has 10 heteroatoms. The molecule has 32 heavy (non-hydrogen) atoms. The van der Waals surface area contributed by atoms with Crippen molar-refractivity contribution in [2.24, 2.45) is 7.05 Å². The molecule has 0 saturated carbocycles. The van der Waals surface area contributed by atoms with Crippen molar-refractivity contribution in [1.29, 1.82) is 0 Å². The number of sulfonamides is 1. The number of aryl methyl sites for hydroxylation is 1. The zero-order valence-corrected chi connectivity index (χ0v) is 19.7. The van der Waals surface area contributed by atoms with Crippen LogP contribution in [0.15, 0.2) is 59.8 Å². The number of nitrogens with zero attached hydrogens (tertiary/aromatic N) is 2. The highest BCUT2D eigenvalue weighted by atomic mass is 35.5. The van der Waals surface area contributed by atoms with E-state index < -0.39 is 22.0 Å². The lowest BCUT2D eigenvalue weighted by Gasteiger charge is -2.21. The molecule has 0 spiro atoms. The first-order chi connectivity index (χ1) is 15.1. The number of halogens is 1. The summed E-state index contributed by atoms with van der Waals surface area (Å²) in [5, 5.41) is 3.06. The van der Waals surface area contributed by atoms with Gasteiger partial charge in [-0.15, -0.1) is 0 Å². The summed E-state index contributed by atoms with van der Waals surface area (Å²) in [5.74, 6) is 0.601. The second kappa shape index (κ2) is 9.72. The van der Waals surface area contributed by atoms with Gasteiger partial charge in [0, 0.05) is 31.0 Å². The molecule has 2 aromatic carbocycles. The standard InChI is InChI=1S/C22H25ClN4O4S/c1-14(2)26-32(29,30)15-9-10-18(23)17(13-15)22(28)25-20(21-24-11-12-27(21)3)16-7-5-6-8-19(16)31-4/h5-14,20,26H,1-4H3,(H,25,28). The molecule has 1 atom stereocenters.